The molecule has 6 unspecified atom stereocenters. The molecule has 1 aliphatic carbocycles. The van der Waals surface area contributed by atoms with Gasteiger partial charge in [-0.2, -0.15) is 0 Å². The van der Waals surface area contributed by atoms with Gasteiger partial charge in [-0.3, -0.25) is 0 Å². The van der Waals surface area contributed by atoms with Crippen LogP contribution >= 0.6 is 0 Å². The van der Waals surface area contributed by atoms with Gasteiger partial charge in [0.2, 0.25) is 0 Å². The molecule has 0 aromatic carbocycles. The van der Waals surface area contributed by atoms with Crippen molar-refractivity contribution in [2.75, 3.05) is 6.61 Å². The highest BCUT2D eigenvalue weighted by Crippen LogP contribution is 2.39. The fraction of sp³-hybridized carbons (Fsp3) is 1.00. The van der Waals surface area contributed by atoms with E-state index in [0.29, 0.717) is 24.5 Å². The summed E-state index contributed by atoms with van der Waals surface area (Å²) in [6.45, 7) is 13.5. The molecule has 1 N–H and O–H groups in total. The minimum absolute atomic E-state index is 0.0426. The molecule has 1 saturated carbocycles. The quantitative estimate of drug-likeness (QED) is 0.712. The third-order valence-corrected chi connectivity index (χ3v) is 5.61. The van der Waals surface area contributed by atoms with Crippen molar-refractivity contribution >= 4 is 7.85 Å². The maximum Gasteiger partial charge on any atom is 0.0778 e. The summed E-state index contributed by atoms with van der Waals surface area (Å²) in [5.74, 6) is 2.09. The molecule has 1 fully saturated rings. The predicted molar refractivity (Wildman–Crippen MR) is 90.7 cm³/mol. The molecule has 2 nitrogen and oxygen atoms in total. The Balaban J connectivity index is 2.61. The van der Waals surface area contributed by atoms with E-state index in [0.717, 1.165) is 18.8 Å². The monoisotopic (exact) mass is 294 g/mol. The lowest BCUT2D eigenvalue weighted by Crippen LogP contribution is -2.38. The van der Waals surface area contributed by atoms with Crippen molar-refractivity contribution in [2.24, 2.45) is 23.7 Å². The molecule has 21 heavy (non-hydrogen) atoms. The van der Waals surface area contributed by atoms with E-state index in [2.05, 4.69) is 20.8 Å². The van der Waals surface area contributed by atoms with Gasteiger partial charge in [-0.25, -0.2) is 0 Å². The molecule has 0 spiro atoms. The third-order valence-electron chi connectivity index (χ3n) is 5.61. The van der Waals surface area contributed by atoms with E-state index in [4.69, 9.17) is 12.6 Å². The van der Waals surface area contributed by atoms with Gasteiger partial charge >= 0.3 is 0 Å². The summed E-state index contributed by atoms with van der Waals surface area (Å²) in [4.78, 5) is 0. The van der Waals surface area contributed by atoms with Gasteiger partial charge in [0.1, 0.15) is 0 Å². The Hall–Kier alpha value is -0.0151. The number of aliphatic hydroxyl groups is 1. The number of rotatable bonds is 7. The molecule has 122 valence electrons. The standard InChI is InChI=1S/C18H35BO2/c1-7-16(20)14(5)18(6,19)11-21-17-10-13(4)8-9-15(17)12(2)3/h12-17,20H,7-11H2,1-6H3. The zero-order chi connectivity index (χ0) is 16.2. The van der Waals surface area contributed by atoms with Crippen LogP contribution in [0.5, 0.6) is 0 Å². The first-order valence-electron chi connectivity index (χ1n) is 8.77. The molecule has 6 atom stereocenters. The summed E-state index contributed by atoms with van der Waals surface area (Å²) in [6.07, 6.45) is 4.43. The largest absolute Gasteiger partial charge is 0.393 e. The lowest BCUT2D eigenvalue weighted by atomic mass is 9.61. The van der Waals surface area contributed by atoms with Crippen LogP contribution in [0.4, 0.5) is 0 Å². The first kappa shape index (κ1) is 19.0. The molecule has 0 amide bonds. The first-order valence-corrected chi connectivity index (χ1v) is 8.77. The highest BCUT2D eigenvalue weighted by atomic mass is 16.5. The lowest BCUT2D eigenvalue weighted by Gasteiger charge is -2.41. The Labute approximate surface area is 133 Å². The van der Waals surface area contributed by atoms with Gasteiger partial charge in [0.05, 0.1) is 20.1 Å². The van der Waals surface area contributed by atoms with Crippen molar-refractivity contribution in [3.63, 3.8) is 0 Å². The number of aliphatic hydroxyl groups excluding tert-OH is 1. The number of ether oxygens (including phenoxy) is 1. The molecule has 0 aliphatic heterocycles. The van der Waals surface area contributed by atoms with E-state index >= 15 is 0 Å². The number of hydrogen-bond donors (Lipinski definition) is 1. The van der Waals surface area contributed by atoms with E-state index in [1.165, 1.54) is 12.8 Å². The molecule has 0 bridgehead atoms. The SMILES string of the molecule is [B]C(C)(COC1CC(C)CCC1C(C)C)C(C)C(O)CC. The summed E-state index contributed by atoms with van der Waals surface area (Å²) in [5.41, 5.74) is 0. The molecule has 0 aromatic heterocycles. The Kier molecular flexibility index (Phi) is 7.26. The van der Waals surface area contributed by atoms with Gasteiger partial charge in [-0.1, -0.05) is 48.0 Å². The molecular weight excluding hydrogens is 259 g/mol. The molecule has 1 rings (SSSR count). The van der Waals surface area contributed by atoms with Crippen LogP contribution in [0.25, 0.3) is 0 Å². The van der Waals surface area contributed by atoms with Crippen molar-refractivity contribution in [3.8, 4) is 0 Å². The Morgan fingerprint density at radius 2 is 1.90 bits per heavy atom. The normalized spacial score (nSPS) is 32.7. The first-order chi connectivity index (χ1) is 9.69. The Morgan fingerprint density at radius 3 is 2.43 bits per heavy atom. The van der Waals surface area contributed by atoms with Crippen molar-refractivity contribution in [1.29, 1.82) is 0 Å². The lowest BCUT2D eigenvalue weighted by molar-refractivity contribution is -0.0588. The van der Waals surface area contributed by atoms with Gasteiger partial charge in [0.15, 0.2) is 0 Å². The van der Waals surface area contributed by atoms with Crippen LogP contribution in [0.3, 0.4) is 0 Å². The molecule has 0 heterocycles. The summed E-state index contributed by atoms with van der Waals surface area (Å²) in [6, 6.07) is 0. The van der Waals surface area contributed by atoms with Crippen LogP contribution in [0.2, 0.25) is 5.31 Å². The van der Waals surface area contributed by atoms with Gasteiger partial charge in [0, 0.05) is 6.61 Å². The smallest absolute Gasteiger partial charge is 0.0778 e. The minimum Gasteiger partial charge on any atom is -0.393 e. The molecular formula is C18H35BO2. The van der Waals surface area contributed by atoms with Crippen molar-refractivity contribution in [3.05, 3.63) is 0 Å². The van der Waals surface area contributed by atoms with E-state index in [1.54, 1.807) is 0 Å². The topological polar surface area (TPSA) is 29.5 Å². The fourth-order valence-corrected chi connectivity index (χ4v) is 3.52. The van der Waals surface area contributed by atoms with Gasteiger partial charge < -0.3 is 9.84 Å². The number of hydrogen-bond acceptors (Lipinski definition) is 2. The average molecular weight is 294 g/mol. The Morgan fingerprint density at radius 1 is 1.29 bits per heavy atom. The summed E-state index contributed by atoms with van der Waals surface area (Å²) in [5, 5.41) is 9.57. The highest BCUT2D eigenvalue weighted by Gasteiger charge is 2.35. The molecule has 3 heteroatoms. The summed E-state index contributed by atoms with van der Waals surface area (Å²) >= 11 is 0. The van der Waals surface area contributed by atoms with Gasteiger partial charge in [-0.05, 0) is 48.2 Å². The maximum absolute atomic E-state index is 10.0. The van der Waals surface area contributed by atoms with Gasteiger partial charge in [-0.15, -0.1) is 0 Å². The van der Waals surface area contributed by atoms with Crippen molar-refractivity contribution in [2.45, 2.75) is 84.7 Å². The minimum atomic E-state index is -0.475. The summed E-state index contributed by atoms with van der Waals surface area (Å²) < 4.78 is 6.27. The van der Waals surface area contributed by atoms with E-state index < -0.39 is 5.31 Å². The van der Waals surface area contributed by atoms with Crippen LogP contribution in [0, 0.1) is 23.7 Å². The second kappa shape index (κ2) is 8.01. The van der Waals surface area contributed by atoms with E-state index in [-0.39, 0.29) is 12.0 Å². The second-order valence-corrected chi connectivity index (χ2v) is 7.95. The molecule has 0 saturated heterocycles. The second-order valence-electron chi connectivity index (χ2n) is 7.95. The van der Waals surface area contributed by atoms with Crippen LogP contribution in [0.15, 0.2) is 0 Å². The predicted octanol–water partition coefficient (Wildman–Crippen LogP) is 4.22. The van der Waals surface area contributed by atoms with Crippen LogP contribution in [-0.4, -0.2) is 31.8 Å². The molecule has 2 radical (unpaired) electrons. The zero-order valence-electron chi connectivity index (χ0n) is 14.9. The fourth-order valence-electron chi connectivity index (χ4n) is 3.52. The maximum atomic E-state index is 10.0. The van der Waals surface area contributed by atoms with Crippen molar-refractivity contribution < 1.29 is 9.84 Å². The molecule has 1 aliphatic rings. The van der Waals surface area contributed by atoms with Gasteiger partial charge in [0.25, 0.3) is 0 Å². The van der Waals surface area contributed by atoms with E-state index in [1.807, 2.05) is 20.8 Å². The highest BCUT2D eigenvalue weighted by molar-refractivity contribution is 6.15. The Bertz CT molecular complexity index is 304. The molecule has 0 aromatic rings. The third kappa shape index (κ3) is 5.28. The summed E-state index contributed by atoms with van der Waals surface area (Å²) in [7, 11) is 6.43. The zero-order valence-corrected chi connectivity index (χ0v) is 14.9. The van der Waals surface area contributed by atoms with E-state index in [9.17, 15) is 5.11 Å². The van der Waals surface area contributed by atoms with Crippen LogP contribution in [-0.2, 0) is 4.74 Å². The van der Waals surface area contributed by atoms with Crippen molar-refractivity contribution in [1.82, 2.24) is 0 Å². The average Bonchev–Trinajstić information content (AvgIpc) is 2.43. The van der Waals surface area contributed by atoms with Crippen LogP contribution < -0.4 is 0 Å². The van der Waals surface area contributed by atoms with Crippen LogP contribution in [0.1, 0.15) is 67.2 Å².